The molecule has 31 heavy (non-hydrogen) atoms. The fourth-order valence-corrected chi connectivity index (χ4v) is 6.96. The van der Waals surface area contributed by atoms with Gasteiger partial charge in [-0.1, -0.05) is 62.8 Å². The molecule has 2 N–H and O–H groups in total. The Morgan fingerprint density at radius 3 is 1.90 bits per heavy atom. The van der Waals surface area contributed by atoms with Crippen molar-refractivity contribution < 1.29 is 0 Å². The summed E-state index contributed by atoms with van der Waals surface area (Å²) >= 11 is 0. The highest BCUT2D eigenvalue weighted by Crippen LogP contribution is 2.54. The number of hydrogen-bond donors (Lipinski definition) is 2. The minimum Gasteiger partial charge on any atom is -0.317 e. The van der Waals surface area contributed by atoms with Crippen LogP contribution >= 0.6 is 0 Å². The number of fused-ring (bicyclic) bond motifs is 1. The van der Waals surface area contributed by atoms with Gasteiger partial charge in [0.1, 0.15) is 0 Å². The molecule has 1 aromatic carbocycles. The van der Waals surface area contributed by atoms with Gasteiger partial charge in [-0.3, -0.25) is 0 Å². The summed E-state index contributed by atoms with van der Waals surface area (Å²) < 4.78 is 0. The molecule has 2 atom stereocenters. The molecule has 2 nitrogen and oxygen atoms in total. The Hall–Kier alpha value is -1.12. The van der Waals surface area contributed by atoms with Gasteiger partial charge in [0.2, 0.25) is 0 Å². The molecule has 0 radical (unpaired) electrons. The molecule has 0 spiro atoms. The molecule has 2 heteroatoms. The summed E-state index contributed by atoms with van der Waals surface area (Å²) in [6.45, 7) is 4.73. The van der Waals surface area contributed by atoms with E-state index in [1.165, 1.54) is 77.0 Å². The normalized spacial score (nSPS) is 27.0. The van der Waals surface area contributed by atoms with Crippen molar-refractivity contribution in [3.05, 3.63) is 41.0 Å². The third-order valence-corrected chi connectivity index (χ3v) is 8.77. The van der Waals surface area contributed by atoms with Crippen LogP contribution in [0.4, 0.5) is 0 Å². The third-order valence-electron chi connectivity index (χ3n) is 8.77. The minimum atomic E-state index is 0.150. The average Bonchev–Trinajstić information content (AvgIpc) is 3.14. The molecule has 0 aliphatic heterocycles. The van der Waals surface area contributed by atoms with Crippen molar-refractivity contribution in [3.8, 4) is 0 Å². The zero-order valence-electron chi connectivity index (χ0n) is 20.6. The standard InChI is InChI=1S/C29H46N2/c1-21(30-3)18-29(19-22(2)31-4)20-26(24-14-9-6-10-15-24)28-25(16-11-17-27(28)29)23-12-7-5-8-13-23/h11,16-17,20-24,30-31H,5-10,12-15,18-19H2,1-4H3. The first kappa shape index (κ1) is 23.1. The van der Waals surface area contributed by atoms with Gasteiger partial charge in [0.05, 0.1) is 0 Å². The lowest BCUT2D eigenvalue weighted by molar-refractivity contribution is 0.356. The van der Waals surface area contributed by atoms with Gasteiger partial charge in [-0.05, 0) is 101 Å². The van der Waals surface area contributed by atoms with E-state index >= 15 is 0 Å². The molecular formula is C29H46N2. The first-order chi connectivity index (χ1) is 15.1. The fourth-order valence-electron chi connectivity index (χ4n) is 6.96. The lowest BCUT2D eigenvalue weighted by Crippen LogP contribution is -2.38. The van der Waals surface area contributed by atoms with E-state index in [0.29, 0.717) is 12.1 Å². The Morgan fingerprint density at radius 2 is 1.35 bits per heavy atom. The Bertz CT molecular complexity index is 740. The molecule has 0 saturated heterocycles. The average molecular weight is 423 g/mol. The van der Waals surface area contributed by atoms with Crippen LogP contribution in [0.1, 0.15) is 114 Å². The summed E-state index contributed by atoms with van der Waals surface area (Å²) in [4.78, 5) is 0. The van der Waals surface area contributed by atoms with Gasteiger partial charge in [0, 0.05) is 17.5 Å². The Morgan fingerprint density at radius 1 is 0.806 bits per heavy atom. The first-order valence-electron chi connectivity index (χ1n) is 13.3. The van der Waals surface area contributed by atoms with Crippen molar-refractivity contribution in [2.45, 2.75) is 114 Å². The van der Waals surface area contributed by atoms with Gasteiger partial charge in [0.25, 0.3) is 0 Å². The number of benzene rings is 1. The lowest BCUT2D eigenvalue weighted by atomic mass is 9.71. The fraction of sp³-hybridized carbons (Fsp3) is 0.724. The van der Waals surface area contributed by atoms with Crippen LogP contribution < -0.4 is 10.6 Å². The van der Waals surface area contributed by atoms with Gasteiger partial charge in [0.15, 0.2) is 0 Å². The molecule has 3 aliphatic carbocycles. The van der Waals surface area contributed by atoms with Crippen LogP contribution in [0.25, 0.3) is 5.57 Å². The number of hydrogen-bond acceptors (Lipinski definition) is 2. The predicted octanol–water partition coefficient (Wildman–Crippen LogP) is 6.95. The highest BCUT2D eigenvalue weighted by molar-refractivity contribution is 5.80. The van der Waals surface area contributed by atoms with Gasteiger partial charge >= 0.3 is 0 Å². The van der Waals surface area contributed by atoms with Crippen molar-refractivity contribution >= 4 is 5.57 Å². The van der Waals surface area contributed by atoms with Gasteiger partial charge in [-0.15, -0.1) is 0 Å². The van der Waals surface area contributed by atoms with E-state index in [4.69, 9.17) is 0 Å². The van der Waals surface area contributed by atoms with Crippen LogP contribution in [0.5, 0.6) is 0 Å². The highest BCUT2D eigenvalue weighted by Gasteiger charge is 2.43. The van der Waals surface area contributed by atoms with E-state index in [-0.39, 0.29) is 5.41 Å². The largest absolute Gasteiger partial charge is 0.317 e. The van der Waals surface area contributed by atoms with E-state index in [0.717, 1.165) is 11.8 Å². The quantitative estimate of drug-likeness (QED) is 0.474. The van der Waals surface area contributed by atoms with Crippen LogP contribution in [0.3, 0.4) is 0 Å². The molecule has 172 valence electrons. The van der Waals surface area contributed by atoms with E-state index in [1.54, 1.807) is 22.3 Å². The summed E-state index contributed by atoms with van der Waals surface area (Å²) in [6, 6.07) is 8.42. The third kappa shape index (κ3) is 4.81. The number of allylic oxidation sites excluding steroid dienone is 2. The van der Waals surface area contributed by atoms with Gasteiger partial charge in [-0.25, -0.2) is 0 Å². The van der Waals surface area contributed by atoms with Crippen molar-refractivity contribution in [2.24, 2.45) is 5.92 Å². The molecule has 3 aliphatic rings. The second kappa shape index (κ2) is 10.2. The zero-order chi connectivity index (χ0) is 21.8. The molecule has 1 aromatic rings. The Labute approximate surface area is 191 Å². The lowest BCUT2D eigenvalue weighted by Gasteiger charge is -2.35. The van der Waals surface area contributed by atoms with Crippen LogP contribution in [-0.2, 0) is 5.41 Å². The molecule has 2 unspecified atom stereocenters. The van der Waals surface area contributed by atoms with Crippen LogP contribution in [0.15, 0.2) is 24.3 Å². The summed E-state index contributed by atoms with van der Waals surface area (Å²) in [7, 11) is 4.25. The van der Waals surface area contributed by atoms with Crippen molar-refractivity contribution in [2.75, 3.05) is 14.1 Å². The van der Waals surface area contributed by atoms with Gasteiger partial charge in [-0.2, -0.15) is 0 Å². The molecule has 0 amide bonds. The molecule has 0 aromatic heterocycles. The second-order valence-electron chi connectivity index (χ2n) is 11.0. The topological polar surface area (TPSA) is 24.1 Å². The van der Waals surface area contributed by atoms with Crippen molar-refractivity contribution in [1.29, 1.82) is 0 Å². The smallest absolute Gasteiger partial charge is 0.0173 e. The second-order valence-corrected chi connectivity index (χ2v) is 11.0. The Balaban J connectivity index is 1.84. The van der Waals surface area contributed by atoms with Crippen LogP contribution in [-0.4, -0.2) is 26.2 Å². The van der Waals surface area contributed by atoms with Crippen LogP contribution in [0.2, 0.25) is 0 Å². The maximum absolute atomic E-state index is 3.56. The van der Waals surface area contributed by atoms with E-state index in [9.17, 15) is 0 Å². The zero-order valence-corrected chi connectivity index (χ0v) is 20.6. The Kier molecular flexibility index (Phi) is 7.60. The molecule has 0 bridgehead atoms. The monoisotopic (exact) mass is 422 g/mol. The van der Waals surface area contributed by atoms with E-state index in [1.807, 2.05) is 0 Å². The van der Waals surface area contributed by atoms with Crippen molar-refractivity contribution in [1.82, 2.24) is 10.6 Å². The first-order valence-corrected chi connectivity index (χ1v) is 13.3. The van der Waals surface area contributed by atoms with Crippen LogP contribution in [0, 0.1) is 5.92 Å². The summed E-state index contributed by atoms with van der Waals surface area (Å²) in [6.07, 6.45) is 19.2. The maximum Gasteiger partial charge on any atom is 0.0173 e. The molecular weight excluding hydrogens is 376 g/mol. The number of rotatable bonds is 8. The van der Waals surface area contributed by atoms with Gasteiger partial charge < -0.3 is 10.6 Å². The summed E-state index contributed by atoms with van der Waals surface area (Å²) in [5.41, 5.74) is 6.94. The SMILES string of the molecule is CNC(C)CC1(CC(C)NC)C=C(C2CCCCC2)c2c(C3CCCCC3)cccc21. The predicted molar refractivity (Wildman–Crippen MR) is 135 cm³/mol. The van der Waals surface area contributed by atoms with E-state index < -0.39 is 0 Å². The molecule has 4 rings (SSSR count). The maximum atomic E-state index is 3.56. The molecule has 2 saturated carbocycles. The minimum absolute atomic E-state index is 0.150. The summed E-state index contributed by atoms with van der Waals surface area (Å²) in [5.74, 6) is 1.55. The number of nitrogens with one attached hydrogen (secondary N) is 2. The summed E-state index contributed by atoms with van der Waals surface area (Å²) in [5, 5.41) is 7.12. The molecule has 2 fully saturated rings. The van der Waals surface area contributed by atoms with E-state index in [2.05, 4.69) is 62.9 Å². The highest BCUT2D eigenvalue weighted by atomic mass is 14.9. The molecule has 0 heterocycles. The van der Waals surface area contributed by atoms with Crippen molar-refractivity contribution in [3.63, 3.8) is 0 Å².